The van der Waals surface area contributed by atoms with E-state index in [-0.39, 0.29) is 5.91 Å². The van der Waals surface area contributed by atoms with E-state index in [4.69, 9.17) is 4.98 Å². The van der Waals surface area contributed by atoms with E-state index in [9.17, 15) is 4.79 Å². The van der Waals surface area contributed by atoms with Crippen LogP contribution in [-0.2, 0) is 17.6 Å². The first kappa shape index (κ1) is 17.8. The SMILES string of the molecule is CC(=O)NCCCc1ccc(-c2csc(Cc3csc(C)n3)n2)cc1. The fourth-order valence-electron chi connectivity index (χ4n) is 2.57. The van der Waals surface area contributed by atoms with Gasteiger partial charge < -0.3 is 5.32 Å². The zero-order valence-corrected chi connectivity index (χ0v) is 16.0. The number of nitrogens with one attached hydrogen (secondary N) is 1. The molecule has 0 fully saturated rings. The van der Waals surface area contributed by atoms with Crippen molar-refractivity contribution in [1.82, 2.24) is 15.3 Å². The molecule has 2 aromatic heterocycles. The van der Waals surface area contributed by atoms with Gasteiger partial charge in [0.2, 0.25) is 5.91 Å². The molecule has 0 spiro atoms. The van der Waals surface area contributed by atoms with Crippen LogP contribution in [0.5, 0.6) is 0 Å². The third-order valence-electron chi connectivity index (χ3n) is 3.82. The van der Waals surface area contributed by atoms with Gasteiger partial charge in [0.25, 0.3) is 0 Å². The minimum Gasteiger partial charge on any atom is -0.356 e. The maximum Gasteiger partial charge on any atom is 0.216 e. The number of aryl methyl sites for hydroxylation is 2. The monoisotopic (exact) mass is 371 g/mol. The quantitative estimate of drug-likeness (QED) is 0.632. The predicted octanol–water partition coefficient (Wildman–Crippen LogP) is 4.23. The minimum atomic E-state index is 0.0301. The molecule has 3 rings (SSSR count). The van der Waals surface area contributed by atoms with E-state index >= 15 is 0 Å². The van der Waals surface area contributed by atoms with Crippen LogP contribution in [0.3, 0.4) is 0 Å². The predicted molar refractivity (Wildman–Crippen MR) is 104 cm³/mol. The fraction of sp³-hybridized carbons (Fsp3) is 0.316. The Bertz CT molecular complexity index is 836. The molecule has 0 atom stereocenters. The number of hydrogen-bond donors (Lipinski definition) is 1. The average Bonchev–Trinajstić information content (AvgIpc) is 3.22. The molecule has 0 aliphatic carbocycles. The van der Waals surface area contributed by atoms with Crippen molar-refractivity contribution in [2.24, 2.45) is 0 Å². The number of carbonyl (C=O) groups excluding carboxylic acids is 1. The van der Waals surface area contributed by atoms with Crippen molar-refractivity contribution in [3.8, 4) is 11.3 Å². The minimum absolute atomic E-state index is 0.0301. The lowest BCUT2D eigenvalue weighted by molar-refractivity contribution is -0.118. The van der Waals surface area contributed by atoms with Crippen LogP contribution < -0.4 is 5.32 Å². The molecule has 0 saturated heterocycles. The van der Waals surface area contributed by atoms with Crippen molar-refractivity contribution in [2.75, 3.05) is 6.54 Å². The third kappa shape index (κ3) is 5.21. The summed E-state index contributed by atoms with van der Waals surface area (Å²) in [6.45, 7) is 4.30. The van der Waals surface area contributed by atoms with Gasteiger partial charge >= 0.3 is 0 Å². The van der Waals surface area contributed by atoms with Crippen molar-refractivity contribution in [2.45, 2.75) is 33.1 Å². The smallest absolute Gasteiger partial charge is 0.216 e. The molecule has 3 aromatic rings. The normalized spacial score (nSPS) is 10.8. The van der Waals surface area contributed by atoms with E-state index in [0.29, 0.717) is 0 Å². The van der Waals surface area contributed by atoms with Crippen LogP contribution in [0.25, 0.3) is 11.3 Å². The molecule has 130 valence electrons. The number of amides is 1. The highest BCUT2D eigenvalue weighted by molar-refractivity contribution is 7.10. The summed E-state index contributed by atoms with van der Waals surface area (Å²) in [6.07, 6.45) is 2.72. The Morgan fingerprint density at radius 3 is 2.60 bits per heavy atom. The summed E-state index contributed by atoms with van der Waals surface area (Å²) >= 11 is 3.37. The van der Waals surface area contributed by atoms with Gasteiger partial charge in [-0.2, -0.15) is 0 Å². The van der Waals surface area contributed by atoms with Crippen LogP contribution in [0.4, 0.5) is 0 Å². The van der Waals surface area contributed by atoms with E-state index in [1.54, 1.807) is 29.6 Å². The lowest BCUT2D eigenvalue weighted by atomic mass is 10.1. The highest BCUT2D eigenvalue weighted by Gasteiger charge is 2.07. The lowest BCUT2D eigenvalue weighted by Crippen LogP contribution is -2.21. The number of hydrogen-bond acceptors (Lipinski definition) is 5. The highest BCUT2D eigenvalue weighted by atomic mass is 32.1. The molecule has 0 aliphatic rings. The Morgan fingerprint density at radius 1 is 1.12 bits per heavy atom. The summed E-state index contributed by atoms with van der Waals surface area (Å²) in [5, 5.41) is 9.23. The van der Waals surface area contributed by atoms with Gasteiger partial charge in [0.05, 0.1) is 21.4 Å². The first-order chi connectivity index (χ1) is 12.1. The standard InChI is InChI=1S/C19H21N3OS2/c1-13(23)20-9-3-4-15-5-7-16(8-6-15)18-12-25-19(22-18)10-17-11-24-14(2)21-17/h5-8,11-12H,3-4,9-10H2,1-2H3,(H,20,23). The molecule has 0 aliphatic heterocycles. The second kappa shape index (κ2) is 8.36. The Hall–Kier alpha value is -2.05. The van der Waals surface area contributed by atoms with Crippen molar-refractivity contribution in [3.05, 3.63) is 56.3 Å². The Labute approximate surface area is 156 Å². The van der Waals surface area contributed by atoms with Crippen molar-refractivity contribution < 1.29 is 4.79 Å². The Kier molecular flexibility index (Phi) is 5.94. The largest absolute Gasteiger partial charge is 0.356 e. The molecule has 0 bridgehead atoms. The summed E-state index contributed by atoms with van der Waals surface area (Å²) < 4.78 is 0. The van der Waals surface area contributed by atoms with Crippen LogP contribution >= 0.6 is 22.7 Å². The lowest BCUT2D eigenvalue weighted by Gasteiger charge is -2.04. The van der Waals surface area contributed by atoms with Crippen molar-refractivity contribution >= 4 is 28.6 Å². The number of aromatic nitrogens is 2. The van der Waals surface area contributed by atoms with Gasteiger partial charge in [-0.25, -0.2) is 9.97 Å². The molecule has 2 heterocycles. The molecular formula is C19H21N3OS2. The van der Waals surface area contributed by atoms with Gasteiger partial charge in [0.15, 0.2) is 0 Å². The summed E-state index contributed by atoms with van der Waals surface area (Å²) in [7, 11) is 0. The Morgan fingerprint density at radius 2 is 1.92 bits per heavy atom. The molecular weight excluding hydrogens is 350 g/mol. The van der Waals surface area contributed by atoms with Crippen LogP contribution in [0.15, 0.2) is 35.0 Å². The average molecular weight is 372 g/mol. The number of benzene rings is 1. The van der Waals surface area contributed by atoms with Crippen LogP contribution in [-0.4, -0.2) is 22.4 Å². The first-order valence-electron chi connectivity index (χ1n) is 8.29. The van der Waals surface area contributed by atoms with Crippen LogP contribution in [0, 0.1) is 6.92 Å². The van der Waals surface area contributed by atoms with Gasteiger partial charge in [0.1, 0.15) is 0 Å². The van der Waals surface area contributed by atoms with E-state index in [1.165, 1.54) is 5.56 Å². The maximum absolute atomic E-state index is 10.9. The van der Waals surface area contributed by atoms with E-state index in [1.807, 2.05) is 6.92 Å². The van der Waals surface area contributed by atoms with Gasteiger partial charge in [0, 0.05) is 36.2 Å². The summed E-state index contributed by atoms with van der Waals surface area (Å²) in [4.78, 5) is 20.1. The highest BCUT2D eigenvalue weighted by Crippen LogP contribution is 2.24. The zero-order valence-electron chi connectivity index (χ0n) is 14.4. The van der Waals surface area contributed by atoms with Crippen LogP contribution in [0.2, 0.25) is 0 Å². The van der Waals surface area contributed by atoms with Crippen LogP contribution in [0.1, 0.15) is 34.6 Å². The summed E-state index contributed by atoms with van der Waals surface area (Å²) in [6, 6.07) is 8.54. The van der Waals surface area contributed by atoms with Gasteiger partial charge in [-0.15, -0.1) is 22.7 Å². The van der Waals surface area contributed by atoms with Gasteiger partial charge in [-0.1, -0.05) is 24.3 Å². The number of thiazole rings is 2. The molecule has 0 saturated carbocycles. The number of nitrogens with zero attached hydrogens (tertiary/aromatic N) is 2. The molecule has 0 radical (unpaired) electrons. The molecule has 1 N–H and O–H groups in total. The number of rotatable bonds is 7. The maximum atomic E-state index is 10.9. The molecule has 4 nitrogen and oxygen atoms in total. The van der Waals surface area contributed by atoms with E-state index in [0.717, 1.165) is 52.8 Å². The van der Waals surface area contributed by atoms with Crippen molar-refractivity contribution in [3.63, 3.8) is 0 Å². The molecule has 1 amide bonds. The second-order valence-corrected chi connectivity index (χ2v) is 7.95. The fourth-order valence-corrected chi connectivity index (χ4v) is 4.00. The van der Waals surface area contributed by atoms with Gasteiger partial charge in [-0.05, 0) is 25.3 Å². The molecule has 0 unspecified atom stereocenters. The first-order valence-corrected chi connectivity index (χ1v) is 10.1. The van der Waals surface area contributed by atoms with E-state index in [2.05, 4.69) is 45.3 Å². The van der Waals surface area contributed by atoms with Crippen molar-refractivity contribution in [1.29, 1.82) is 0 Å². The zero-order chi connectivity index (χ0) is 17.6. The molecule has 25 heavy (non-hydrogen) atoms. The summed E-state index contributed by atoms with van der Waals surface area (Å²) in [5.74, 6) is 0.0301. The summed E-state index contributed by atoms with van der Waals surface area (Å²) in [5.41, 5.74) is 4.54. The van der Waals surface area contributed by atoms with Gasteiger partial charge in [-0.3, -0.25) is 4.79 Å². The van der Waals surface area contributed by atoms with E-state index < -0.39 is 0 Å². The second-order valence-electron chi connectivity index (χ2n) is 5.94. The topological polar surface area (TPSA) is 54.9 Å². The molecule has 6 heteroatoms. The molecule has 1 aromatic carbocycles. The third-order valence-corrected chi connectivity index (χ3v) is 5.49. The number of carbonyl (C=O) groups is 1. The Balaban J connectivity index is 1.58.